The Bertz CT molecular complexity index is 518. The minimum Gasteiger partial charge on any atom is -0.339 e. The largest absolute Gasteiger partial charge is 0.339 e. The fourth-order valence-corrected chi connectivity index (χ4v) is 2.11. The van der Waals surface area contributed by atoms with E-state index in [4.69, 9.17) is 10.3 Å². The molecular formula is C12H14FN3OS. The van der Waals surface area contributed by atoms with Crippen molar-refractivity contribution in [1.29, 1.82) is 0 Å². The molecule has 0 amide bonds. The maximum atomic E-state index is 13.4. The lowest BCUT2D eigenvalue weighted by Crippen LogP contribution is -2.09. The maximum Gasteiger partial charge on any atom is 0.230 e. The van der Waals surface area contributed by atoms with E-state index in [0.717, 1.165) is 0 Å². The molecule has 0 saturated carbocycles. The van der Waals surface area contributed by atoms with E-state index in [1.54, 1.807) is 18.2 Å². The van der Waals surface area contributed by atoms with Gasteiger partial charge in [0.1, 0.15) is 5.82 Å². The van der Waals surface area contributed by atoms with Crippen molar-refractivity contribution in [3.63, 3.8) is 0 Å². The Labute approximate surface area is 109 Å². The van der Waals surface area contributed by atoms with Gasteiger partial charge in [-0.05, 0) is 12.1 Å². The standard InChI is InChI=1S/C12H14FN3OS/c1-8(6-14)12-15-11(16-17-12)7-18-10-5-3-2-4-9(10)13/h2-5,8H,6-7,14H2,1H3. The second-order valence-corrected chi connectivity index (χ2v) is 4.92. The zero-order valence-electron chi connectivity index (χ0n) is 9.97. The van der Waals surface area contributed by atoms with Crippen molar-refractivity contribution in [1.82, 2.24) is 10.1 Å². The average Bonchev–Trinajstić information content (AvgIpc) is 2.86. The molecule has 0 radical (unpaired) electrons. The fourth-order valence-electron chi connectivity index (χ4n) is 1.33. The molecule has 1 unspecified atom stereocenters. The van der Waals surface area contributed by atoms with Crippen LogP contribution < -0.4 is 5.73 Å². The molecule has 0 aliphatic rings. The van der Waals surface area contributed by atoms with Gasteiger partial charge in [-0.3, -0.25) is 0 Å². The molecule has 2 N–H and O–H groups in total. The van der Waals surface area contributed by atoms with Crippen LogP contribution in [0.5, 0.6) is 0 Å². The van der Waals surface area contributed by atoms with Crippen LogP contribution in [0.3, 0.4) is 0 Å². The van der Waals surface area contributed by atoms with Crippen LogP contribution in [0.2, 0.25) is 0 Å². The molecule has 0 aliphatic heterocycles. The number of hydrogen-bond donors (Lipinski definition) is 1. The Morgan fingerprint density at radius 3 is 2.94 bits per heavy atom. The first kappa shape index (κ1) is 13.0. The predicted molar refractivity (Wildman–Crippen MR) is 67.7 cm³/mol. The third-order valence-corrected chi connectivity index (χ3v) is 3.50. The summed E-state index contributed by atoms with van der Waals surface area (Å²) >= 11 is 1.34. The number of nitrogens with zero attached hydrogens (tertiary/aromatic N) is 2. The molecule has 0 aliphatic carbocycles. The summed E-state index contributed by atoms with van der Waals surface area (Å²) < 4.78 is 18.5. The molecule has 4 nitrogen and oxygen atoms in total. The second kappa shape index (κ2) is 5.97. The van der Waals surface area contributed by atoms with Crippen molar-refractivity contribution in [3.8, 4) is 0 Å². The summed E-state index contributed by atoms with van der Waals surface area (Å²) in [7, 11) is 0. The number of rotatable bonds is 5. The fraction of sp³-hybridized carbons (Fsp3) is 0.333. The van der Waals surface area contributed by atoms with Crippen molar-refractivity contribution in [3.05, 3.63) is 41.8 Å². The second-order valence-electron chi connectivity index (χ2n) is 3.90. The van der Waals surface area contributed by atoms with E-state index in [1.807, 2.05) is 6.92 Å². The highest BCUT2D eigenvalue weighted by Gasteiger charge is 2.13. The van der Waals surface area contributed by atoms with Gasteiger partial charge in [0.05, 0.1) is 5.75 Å². The van der Waals surface area contributed by atoms with Gasteiger partial charge in [0.2, 0.25) is 5.89 Å². The molecule has 2 rings (SSSR count). The first-order valence-electron chi connectivity index (χ1n) is 5.60. The van der Waals surface area contributed by atoms with E-state index in [9.17, 15) is 4.39 Å². The van der Waals surface area contributed by atoms with Gasteiger partial charge in [0.25, 0.3) is 0 Å². The van der Waals surface area contributed by atoms with Gasteiger partial charge in [-0.15, -0.1) is 11.8 Å². The van der Waals surface area contributed by atoms with Gasteiger partial charge >= 0.3 is 0 Å². The molecular weight excluding hydrogens is 253 g/mol. The van der Waals surface area contributed by atoms with E-state index < -0.39 is 0 Å². The van der Waals surface area contributed by atoms with Crippen molar-refractivity contribution < 1.29 is 8.91 Å². The number of thioether (sulfide) groups is 1. The van der Waals surface area contributed by atoms with Crippen LogP contribution in [0.25, 0.3) is 0 Å². The smallest absolute Gasteiger partial charge is 0.230 e. The normalized spacial score (nSPS) is 12.6. The van der Waals surface area contributed by atoms with Gasteiger partial charge in [-0.1, -0.05) is 24.2 Å². The molecule has 0 spiro atoms. The van der Waals surface area contributed by atoms with Gasteiger partial charge < -0.3 is 10.3 Å². The van der Waals surface area contributed by atoms with Crippen LogP contribution in [-0.4, -0.2) is 16.7 Å². The summed E-state index contributed by atoms with van der Waals surface area (Å²) in [6.07, 6.45) is 0. The Hall–Kier alpha value is -1.40. The molecule has 0 fully saturated rings. The third-order valence-electron chi connectivity index (χ3n) is 2.45. The summed E-state index contributed by atoms with van der Waals surface area (Å²) in [5.41, 5.74) is 5.52. The van der Waals surface area contributed by atoms with Crippen LogP contribution in [0.1, 0.15) is 24.6 Å². The molecule has 0 bridgehead atoms. The number of benzene rings is 1. The van der Waals surface area contributed by atoms with Gasteiger partial charge in [-0.2, -0.15) is 4.98 Å². The molecule has 2 aromatic rings. The van der Waals surface area contributed by atoms with Crippen molar-refractivity contribution in [2.45, 2.75) is 23.5 Å². The summed E-state index contributed by atoms with van der Waals surface area (Å²) in [4.78, 5) is 4.80. The molecule has 1 atom stereocenters. The Balaban J connectivity index is 1.98. The summed E-state index contributed by atoms with van der Waals surface area (Å²) in [5.74, 6) is 1.37. The van der Waals surface area contributed by atoms with E-state index >= 15 is 0 Å². The Morgan fingerprint density at radius 2 is 2.22 bits per heavy atom. The van der Waals surface area contributed by atoms with E-state index in [0.29, 0.717) is 28.9 Å². The Morgan fingerprint density at radius 1 is 1.44 bits per heavy atom. The van der Waals surface area contributed by atoms with Crippen molar-refractivity contribution in [2.24, 2.45) is 5.73 Å². The van der Waals surface area contributed by atoms with Gasteiger partial charge in [0.15, 0.2) is 5.82 Å². The maximum absolute atomic E-state index is 13.4. The number of halogens is 1. The van der Waals surface area contributed by atoms with Crippen molar-refractivity contribution in [2.75, 3.05) is 6.54 Å². The SMILES string of the molecule is CC(CN)c1nc(CSc2ccccc2F)no1. The molecule has 1 heterocycles. The topological polar surface area (TPSA) is 64.9 Å². The van der Waals surface area contributed by atoms with E-state index in [-0.39, 0.29) is 11.7 Å². The van der Waals surface area contributed by atoms with E-state index in [2.05, 4.69) is 10.1 Å². The highest BCUT2D eigenvalue weighted by atomic mass is 32.2. The zero-order valence-corrected chi connectivity index (χ0v) is 10.8. The lowest BCUT2D eigenvalue weighted by Gasteiger charge is -2.00. The number of hydrogen-bond acceptors (Lipinski definition) is 5. The van der Waals surface area contributed by atoms with Gasteiger partial charge in [0, 0.05) is 17.4 Å². The van der Waals surface area contributed by atoms with Crippen LogP contribution in [0.15, 0.2) is 33.7 Å². The molecule has 0 saturated heterocycles. The van der Waals surface area contributed by atoms with Crippen LogP contribution in [0, 0.1) is 5.82 Å². The minimum atomic E-state index is -0.235. The first-order chi connectivity index (χ1) is 8.70. The summed E-state index contributed by atoms with van der Waals surface area (Å²) in [6, 6.07) is 6.61. The lowest BCUT2D eigenvalue weighted by molar-refractivity contribution is 0.357. The molecule has 1 aromatic heterocycles. The van der Waals surface area contributed by atoms with Crippen molar-refractivity contribution >= 4 is 11.8 Å². The average molecular weight is 267 g/mol. The Kier molecular flexibility index (Phi) is 4.33. The molecule has 1 aromatic carbocycles. The zero-order chi connectivity index (χ0) is 13.0. The first-order valence-corrected chi connectivity index (χ1v) is 6.59. The summed E-state index contributed by atoms with van der Waals surface area (Å²) in [5, 5.41) is 3.85. The molecule has 18 heavy (non-hydrogen) atoms. The monoisotopic (exact) mass is 267 g/mol. The highest BCUT2D eigenvalue weighted by Crippen LogP contribution is 2.24. The minimum absolute atomic E-state index is 0.0460. The lowest BCUT2D eigenvalue weighted by atomic mass is 10.2. The molecule has 96 valence electrons. The van der Waals surface area contributed by atoms with E-state index in [1.165, 1.54) is 17.8 Å². The third kappa shape index (κ3) is 3.08. The van der Waals surface area contributed by atoms with Crippen LogP contribution >= 0.6 is 11.8 Å². The predicted octanol–water partition coefficient (Wildman–Crippen LogP) is 2.56. The quantitative estimate of drug-likeness (QED) is 0.843. The number of aromatic nitrogens is 2. The number of nitrogens with two attached hydrogens (primary N) is 1. The van der Waals surface area contributed by atoms with Gasteiger partial charge in [-0.25, -0.2) is 4.39 Å². The summed E-state index contributed by atoms with van der Waals surface area (Å²) in [6.45, 7) is 2.38. The van der Waals surface area contributed by atoms with Crippen LogP contribution in [-0.2, 0) is 5.75 Å². The highest BCUT2D eigenvalue weighted by molar-refractivity contribution is 7.98. The molecule has 6 heteroatoms. The van der Waals surface area contributed by atoms with Crippen LogP contribution in [0.4, 0.5) is 4.39 Å².